The molecule has 2 aromatic carbocycles. The molecule has 1 aromatic heterocycles. The molecular weight excluding hydrogens is 490 g/mol. The maximum absolute atomic E-state index is 14.1. The number of carbonyl (C=O) groups is 2. The number of benzene rings is 2. The van der Waals surface area contributed by atoms with Crippen molar-refractivity contribution in [1.29, 1.82) is 0 Å². The van der Waals surface area contributed by atoms with Crippen molar-refractivity contribution >= 4 is 34.5 Å². The van der Waals surface area contributed by atoms with E-state index in [0.717, 1.165) is 17.0 Å². The van der Waals surface area contributed by atoms with Gasteiger partial charge in [0, 0.05) is 12.1 Å². The Labute approximate surface area is 217 Å². The molecule has 0 unspecified atom stereocenters. The normalized spacial score (nSPS) is 18.1. The van der Waals surface area contributed by atoms with E-state index in [4.69, 9.17) is 9.47 Å². The van der Waals surface area contributed by atoms with Crippen LogP contribution in [-0.4, -0.2) is 36.2 Å². The minimum Gasteiger partial charge on any atom is -0.497 e. The number of rotatable bonds is 5. The largest absolute Gasteiger partial charge is 0.497 e. The summed E-state index contributed by atoms with van der Waals surface area (Å²) >= 11 is 1.16. The Morgan fingerprint density at radius 1 is 1.14 bits per heavy atom. The van der Waals surface area contributed by atoms with Gasteiger partial charge in [0.25, 0.3) is 11.5 Å². The van der Waals surface area contributed by atoms with Crippen LogP contribution in [-0.2, 0) is 14.3 Å². The van der Waals surface area contributed by atoms with Gasteiger partial charge in [0.1, 0.15) is 10.3 Å². The number of amides is 1. The van der Waals surface area contributed by atoms with E-state index in [1.807, 2.05) is 43.3 Å². The molecule has 190 valence electrons. The van der Waals surface area contributed by atoms with Gasteiger partial charge in [-0.2, -0.15) is 0 Å². The summed E-state index contributed by atoms with van der Waals surface area (Å²) in [6.45, 7) is 7.66. The number of likely N-dealkylation sites (N-methyl/N-ethyl adjacent to an activating group) is 1. The Hall–Kier alpha value is -3.98. The third-order valence-corrected chi connectivity index (χ3v) is 7.49. The maximum Gasteiger partial charge on any atom is 0.338 e. The average Bonchev–Trinajstić information content (AvgIpc) is 3.34. The predicted molar refractivity (Wildman–Crippen MR) is 141 cm³/mol. The molecule has 0 aliphatic carbocycles. The lowest BCUT2D eigenvalue weighted by molar-refractivity contribution is -0.143. The molecule has 3 aromatic rings. The number of methoxy groups -OCH3 is 1. The van der Waals surface area contributed by atoms with Crippen LogP contribution in [0.5, 0.6) is 5.75 Å². The number of aromatic nitrogens is 1. The molecule has 0 radical (unpaired) electrons. The number of nitrogens with zero attached hydrogens (tertiary/aromatic N) is 3. The van der Waals surface area contributed by atoms with Gasteiger partial charge in [-0.25, -0.2) is 9.79 Å². The summed E-state index contributed by atoms with van der Waals surface area (Å²) in [5.41, 5.74) is 2.89. The summed E-state index contributed by atoms with van der Waals surface area (Å²) < 4.78 is 12.8. The van der Waals surface area contributed by atoms with Crippen LogP contribution in [0.2, 0.25) is 0 Å². The lowest BCUT2D eigenvalue weighted by atomic mass is 9.95. The van der Waals surface area contributed by atoms with E-state index >= 15 is 0 Å². The highest BCUT2D eigenvalue weighted by Gasteiger charge is 2.37. The van der Waals surface area contributed by atoms with E-state index in [0.29, 0.717) is 44.0 Å². The smallest absolute Gasteiger partial charge is 0.338 e. The van der Waals surface area contributed by atoms with E-state index in [9.17, 15) is 14.4 Å². The number of ether oxygens (including phenoxy) is 2. The SMILES string of the molecule is CCN1C(=O)/C(=c2\sc3n(c2=O)[C@H](c2cccc(OC)c2)C(C(=O)OC(C)C)=C(C)N=3)c2ccccc21. The Morgan fingerprint density at radius 3 is 2.59 bits per heavy atom. The second-order valence-corrected chi connectivity index (χ2v) is 10.1. The number of allylic oxidation sites excluding steroid dienone is 1. The summed E-state index contributed by atoms with van der Waals surface area (Å²) in [5, 5.41) is 0. The number of fused-ring (bicyclic) bond motifs is 2. The molecule has 0 bridgehead atoms. The first-order chi connectivity index (χ1) is 17.8. The molecular formula is C28H27N3O5S. The second kappa shape index (κ2) is 9.48. The van der Waals surface area contributed by atoms with Crippen molar-refractivity contribution in [3.63, 3.8) is 0 Å². The Kier molecular flexibility index (Phi) is 6.33. The van der Waals surface area contributed by atoms with Gasteiger partial charge in [-0.1, -0.05) is 41.7 Å². The topological polar surface area (TPSA) is 90.2 Å². The Balaban J connectivity index is 1.82. The first-order valence-electron chi connectivity index (χ1n) is 12.1. The summed E-state index contributed by atoms with van der Waals surface area (Å²) in [6, 6.07) is 13.9. The van der Waals surface area contributed by atoms with Gasteiger partial charge in [0.05, 0.1) is 41.8 Å². The van der Waals surface area contributed by atoms with E-state index in [1.165, 1.54) is 4.57 Å². The van der Waals surface area contributed by atoms with Crippen LogP contribution in [0, 0.1) is 0 Å². The third kappa shape index (κ3) is 3.99. The predicted octanol–water partition coefficient (Wildman–Crippen LogP) is 2.93. The van der Waals surface area contributed by atoms with E-state index in [1.54, 1.807) is 44.9 Å². The fraction of sp³-hybridized carbons (Fsp3) is 0.286. The van der Waals surface area contributed by atoms with Gasteiger partial charge in [-0.3, -0.25) is 14.2 Å². The van der Waals surface area contributed by atoms with Crippen molar-refractivity contribution in [3.8, 4) is 5.75 Å². The number of hydrogen-bond acceptors (Lipinski definition) is 7. The molecule has 1 atom stereocenters. The van der Waals surface area contributed by atoms with E-state index in [-0.39, 0.29) is 23.1 Å². The number of thiazole rings is 1. The van der Waals surface area contributed by atoms with Gasteiger partial charge in [-0.15, -0.1) is 0 Å². The van der Waals surface area contributed by atoms with Crippen molar-refractivity contribution in [1.82, 2.24) is 4.57 Å². The molecule has 8 nitrogen and oxygen atoms in total. The van der Waals surface area contributed by atoms with Gasteiger partial charge >= 0.3 is 5.97 Å². The molecule has 0 fully saturated rings. The van der Waals surface area contributed by atoms with Crippen molar-refractivity contribution in [2.24, 2.45) is 4.99 Å². The van der Waals surface area contributed by atoms with Crippen LogP contribution < -0.4 is 24.5 Å². The number of hydrogen-bond donors (Lipinski definition) is 0. The molecule has 1 amide bonds. The van der Waals surface area contributed by atoms with Crippen LogP contribution in [0.25, 0.3) is 5.57 Å². The minimum atomic E-state index is -0.791. The highest BCUT2D eigenvalue weighted by molar-refractivity contribution is 7.07. The number of carbonyl (C=O) groups excluding carboxylic acids is 2. The molecule has 5 rings (SSSR count). The van der Waals surface area contributed by atoms with Gasteiger partial charge < -0.3 is 14.4 Å². The molecule has 0 saturated carbocycles. The summed E-state index contributed by atoms with van der Waals surface area (Å²) in [4.78, 5) is 47.6. The molecule has 3 heterocycles. The number of anilines is 1. The van der Waals surface area contributed by atoms with Gasteiger partial charge in [0.2, 0.25) is 0 Å². The van der Waals surface area contributed by atoms with Crippen LogP contribution in [0.1, 0.15) is 44.9 Å². The van der Waals surface area contributed by atoms with Crippen molar-refractivity contribution in [2.45, 2.75) is 39.8 Å². The molecule has 2 aliphatic rings. The summed E-state index contributed by atoms with van der Waals surface area (Å²) in [5.74, 6) is -0.171. The minimum absolute atomic E-state index is 0.220. The van der Waals surface area contributed by atoms with Crippen LogP contribution >= 0.6 is 11.3 Å². The lowest BCUT2D eigenvalue weighted by Crippen LogP contribution is -2.41. The molecule has 0 spiro atoms. The molecule has 0 saturated heterocycles. The quantitative estimate of drug-likeness (QED) is 0.486. The van der Waals surface area contributed by atoms with Crippen molar-refractivity contribution in [2.75, 3.05) is 18.6 Å². The number of esters is 1. The first-order valence-corrected chi connectivity index (χ1v) is 12.9. The molecule has 9 heteroatoms. The number of para-hydroxylation sites is 1. The summed E-state index contributed by atoms with van der Waals surface area (Å²) in [6.07, 6.45) is -0.349. The molecule has 37 heavy (non-hydrogen) atoms. The highest BCUT2D eigenvalue weighted by atomic mass is 32.1. The van der Waals surface area contributed by atoms with Gasteiger partial charge in [0.15, 0.2) is 4.80 Å². The third-order valence-electron chi connectivity index (χ3n) is 6.44. The molecule has 0 N–H and O–H groups in total. The van der Waals surface area contributed by atoms with E-state index in [2.05, 4.69) is 4.99 Å². The van der Waals surface area contributed by atoms with E-state index < -0.39 is 12.0 Å². The zero-order valence-electron chi connectivity index (χ0n) is 21.3. The van der Waals surface area contributed by atoms with Gasteiger partial charge in [-0.05, 0) is 51.5 Å². The fourth-order valence-electron chi connectivity index (χ4n) is 4.85. The van der Waals surface area contributed by atoms with Crippen molar-refractivity contribution in [3.05, 3.63) is 90.6 Å². The lowest BCUT2D eigenvalue weighted by Gasteiger charge is -2.25. The van der Waals surface area contributed by atoms with Crippen molar-refractivity contribution < 1.29 is 19.1 Å². The maximum atomic E-state index is 14.1. The average molecular weight is 518 g/mol. The van der Waals surface area contributed by atoms with Crippen LogP contribution in [0.4, 0.5) is 5.69 Å². The molecule has 2 aliphatic heterocycles. The zero-order valence-corrected chi connectivity index (χ0v) is 22.1. The van der Waals surface area contributed by atoms with Crippen LogP contribution in [0.3, 0.4) is 0 Å². The Bertz CT molecular complexity index is 1650. The van der Waals surface area contributed by atoms with Crippen LogP contribution in [0.15, 0.2) is 69.6 Å². The Morgan fingerprint density at radius 2 is 1.89 bits per heavy atom. The second-order valence-electron chi connectivity index (χ2n) is 9.07. The fourth-order valence-corrected chi connectivity index (χ4v) is 5.99. The summed E-state index contributed by atoms with van der Waals surface area (Å²) in [7, 11) is 1.56. The first kappa shape index (κ1) is 24.7. The zero-order chi connectivity index (χ0) is 26.4. The highest BCUT2D eigenvalue weighted by Crippen LogP contribution is 2.36. The monoisotopic (exact) mass is 517 g/mol. The standard InChI is InChI=1S/C28H27N3O5S/c1-6-30-20-13-8-7-12-19(20)22(25(30)32)24-26(33)31-23(17-10-9-11-18(14-17)35-5)21(27(34)36-15(2)3)16(4)29-28(31)37-24/h7-15,23H,6H2,1-5H3/b24-22-/t23-/m1/s1.